The first-order chi connectivity index (χ1) is 13.2. The fourth-order valence-corrected chi connectivity index (χ4v) is 3.17. The quantitative estimate of drug-likeness (QED) is 0.422. The van der Waals surface area contributed by atoms with Gasteiger partial charge in [0.15, 0.2) is 0 Å². The van der Waals surface area contributed by atoms with Crippen molar-refractivity contribution in [2.45, 2.75) is 65.2 Å². The van der Waals surface area contributed by atoms with Crippen LogP contribution in [0.1, 0.15) is 74.7 Å². The third kappa shape index (κ3) is 6.74. The predicted octanol–water partition coefficient (Wildman–Crippen LogP) is 6.74. The van der Waals surface area contributed by atoms with E-state index in [-0.39, 0.29) is 0 Å². The van der Waals surface area contributed by atoms with Gasteiger partial charge in [0.05, 0.1) is 12.2 Å². The Hall–Kier alpha value is -2.29. The molecule has 27 heavy (non-hydrogen) atoms. The summed E-state index contributed by atoms with van der Waals surface area (Å²) < 4.78 is 5.71. The van der Waals surface area contributed by atoms with Crippen molar-refractivity contribution in [1.82, 2.24) is 0 Å². The van der Waals surface area contributed by atoms with Crippen molar-refractivity contribution >= 4 is 5.97 Å². The van der Waals surface area contributed by atoms with Gasteiger partial charge in [0.2, 0.25) is 0 Å². The summed E-state index contributed by atoms with van der Waals surface area (Å²) in [6.45, 7) is 5.07. The summed E-state index contributed by atoms with van der Waals surface area (Å²) in [4.78, 5) is 11.7. The maximum absolute atomic E-state index is 11.7. The third-order valence-corrected chi connectivity index (χ3v) is 4.82. The van der Waals surface area contributed by atoms with E-state index >= 15 is 0 Å². The summed E-state index contributed by atoms with van der Waals surface area (Å²) >= 11 is 0. The van der Waals surface area contributed by atoms with E-state index in [0.29, 0.717) is 12.2 Å². The van der Waals surface area contributed by atoms with Crippen LogP contribution >= 0.6 is 0 Å². The number of hydrogen-bond acceptors (Lipinski definition) is 2. The van der Waals surface area contributed by atoms with Crippen LogP contribution in [0.25, 0.3) is 11.1 Å². The van der Waals surface area contributed by atoms with Crippen molar-refractivity contribution in [3.05, 3.63) is 53.6 Å². The second-order valence-corrected chi connectivity index (χ2v) is 7.08. The van der Waals surface area contributed by atoms with E-state index in [1.165, 1.54) is 31.2 Å². The number of aromatic carboxylic acids is 1. The lowest BCUT2D eigenvalue weighted by atomic mass is 9.95. The molecule has 0 aliphatic heterocycles. The summed E-state index contributed by atoms with van der Waals surface area (Å²) in [5.41, 5.74) is 3.26. The van der Waals surface area contributed by atoms with E-state index < -0.39 is 5.97 Å². The molecule has 0 amide bonds. The number of rotatable bonds is 12. The first-order valence-corrected chi connectivity index (χ1v) is 10.2. The first kappa shape index (κ1) is 21.0. The second kappa shape index (κ2) is 11.4. The van der Waals surface area contributed by atoms with Crippen molar-refractivity contribution in [3.63, 3.8) is 0 Å². The molecule has 0 radical (unpaired) electrons. The van der Waals surface area contributed by atoms with Gasteiger partial charge in [-0.15, -0.1) is 0 Å². The lowest BCUT2D eigenvalue weighted by Crippen LogP contribution is -2.01. The monoisotopic (exact) mass is 368 g/mol. The molecule has 1 N–H and O–H groups in total. The van der Waals surface area contributed by atoms with Crippen LogP contribution < -0.4 is 4.74 Å². The minimum Gasteiger partial charge on any atom is -0.494 e. The zero-order valence-electron chi connectivity index (χ0n) is 16.7. The number of carboxylic acids is 1. The summed E-state index contributed by atoms with van der Waals surface area (Å²) in [6.07, 6.45) is 9.32. The normalized spacial score (nSPS) is 10.7. The zero-order chi connectivity index (χ0) is 19.5. The van der Waals surface area contributed by atoms with Crippen molar-refractivity contribution in [2.75, 3.05) is 6.61 Å². The fraction of sp³-hybridized carbons (Fsp3) is 0.458. The van der Waals surface area contributed by atoms with Crippen molar-refractivity contribution < 1.29 is 14.6 Å². The number of hydrogen-bond donors (Lipinski definition) is 1. The third-order valence-electron chi connectivity index (χ3n) is 4.82. The van der Waals surface area contributed by atoms with Crippen LogP contribution in [0.3, 0.4) is 0 Å². The van der Waals surface area contributed by atoms with E-state index in [1.807, 2.05) is 36.4 Å². The van der Waals surface area contributed by atoms with E-state index in [0.717, 1.165) is 42.6 Å². The molecule has 2 rings (SSSR count). The molecule has 2 aromatic rings. The number of benzene rings is 2. The van der Waals surface area contributed by atoms with Crippen LogP contribution in [-0.4, -0.2) is 17.7 Å². The Labute approximate surface area is 163 Å². The van der Waals surface area contributed by atoms with Gasteiger partial charge < -0.3 is 9.84 Å². The number of carbonyl (C=O) groups is 1. The molecular formula is C24H32O3. The highest BCUT2D eigenvalue weighted by Crippen LogP contribution is 2.28. The Kier molecular flexibility index (Phi) is 8.90. The van der Waals surface area contributed by atoms with E-state index in [4.69, 9.17) is 4.74 Å². The van der Waals surface area contributed by atoms with Gasteiger partial charge in [-0.2, -0.15) is 0 Å². The number of aryl methyl sites for hydroxylation is 1. The predicted molar refractivity (Wildman–Crippen MR) is 112 cm³/mol. The lowest BCUT2D eigenvalue weighted by molar-refractivity contribution is 0.0697. The Morgan fingerprint density at radius 2 is 1.59 bits per heavy atom. The van der Waals surface area contributed by atoms with Crippen LogP contribution in [0.2, 0.25) is 0 Å². The van der Waals surface area contributed by atoms with Gasteiger partial charge in [0.25, 0.3) is 0 Å². The maximum atomic E-state index is 11.7. The van der Waals surface area contributed by atoms with Gasteiger partial charge in [-0.3, -0.25) is 0 Å². The second-order valence-electron chi connectivity index (χ2n) is 7.08. The molecule has 0 spiro atoms. The van der Waals surface area contributed by atoms with Crippen LogP contribution in [0, 0.1) is 0 Å². The van der Waals surface area contributed by atoms with Crippen molar-refractivity contribution in [3.8, 4) is 16.9 Å². The van der Waals surface area contributed by atoms with Gasteiger partial charge in [0.1, 0.15) is 5.75 Å². The molecule has 0 unspecified atom stereocenters. The van der Waals surface area contributed by atoms with Crippen molar-refractivity contribution in [1.29, 1.82) is 0 Å². The molecule has 0 saturated carbocycles. The highest BCUT2D eigenvalue weighted by molar-refractivity contribution is 5.96. The average molecular weight is 369 g/mol. The van der Waals surface area contributed by atoms with E-state index in [1.54, 1.807) is 6.07 Å². The van der Waals surface area contributed by atoms with Crippen LogP contribution in [-0.2, 0) is 6.42 Å². The SMILES string of the molecule is CCCCCCCc1ccc(C(=O)O)c(-c2ccc(OCCCC)cc2)c1. The topological polar surface area (TPSA) is 46.5 Å². The Balaban J connectivity index is 2.12. The van der Waals surface area contributed by atoms with Crippen LogP contribution in [0.4, 0.5) is 0 Å². The summed E-state index contributed by atoms with van der Waals surface area (Å²) in [5.74, 6) is -0.0566. The van der Waals surface area contributed by atoms with Gasteiger partial charge in [-0.1, -0.05) is 70.2 Å². The molecule has 146 valence electrons. The van der Waals surface area contributed by atoms with Crippen LogP contribution in [0.15, 0.2) is 42.5 Å². The van der Waals surface area contributed by atoms with Crippen LogP contribution in [0.5, 0.6) is 5.75 Å². The molecule has 3 heteroatoms. The zero-order valence-corrected chi connectivity index (χ0v) is 16.7. The largest absolute Gasteiger partial charge is 0.494 e. The summed E-state index contributed by atoms with van der Waals surface area (Å²) in [6, 6.07) is 13.5. The highest BCUT2D eigenvalue weighted by Gasteiger charge is 2.13. The molecule has 0 aliphatic carbocycles. The fourth-order valence-electron chi connectivity index (χ4n) is 3.17. The minimum atomic E-state index is -0.886. The molecular weight excluding hydrogens is 336 g/mol. The molecule has 0 aromatic heterocycles. The standard InChI is InChI=1S/C24H32O3/c1-3-5-7-8-9-10-19-11-16-22(24(25)26)23(18-19)20-12-14-21(15-13-20)27-17-6-4-2/h11-16,18H,3-10,17H2,1-2H3,(H,25,26). The summed E-state index contributed by atoms with van der Waals surface area (Å²) in [5, 5.41) is 9.56. The van der Waals surface area contributed by atoms with E-state index in [2.05, 4.69) is 13.8 Å². The first-order valence-electron chi connectivity index (χ1n) is 10.2. The van der Waals surface area contributed by atoms with Gasteiger partial charge in [-0.25, -0.2) is 4.79 Å². The molecule has 2 aromatic carbocycles. The lowest BCUT2D eigenvalue weighted by Gasteiger charge is -2.11. The molecule has 0 saturated heterocycles. The molecule has 0 fully saturated rings. The number of unbranched alkanes of at least 4 members (excludes halogenated alkanes) is 5. The minimum absolute atomic E-state index is 0.351. The van der Waals surface area contributed by atoms with Gasteiger partial charge >= 0.3 is 5.97 Å². The molecule has 0 atom stereocenters. The molecule has 0 heterocycles. The molecule has 3 nitrogen and oxygen atoms in total. The molecule has 0 aliphatic rings. The summed E-state index contributed by atoms with van der Waals surface area (Å²) in [7, 11) is 0. The van der Waals surface area contributed by atoms with Crippen molar-refractivity contribution in [2.24, 2.45) is 0 Å². The number of carboxylic acid groups (broad SMARTS) is 1. The highest BCUT2D eigenvalue weighted by atomic mass is 16.5. The Morgan fingerprint density at radius 1 is 0.889 bits per heavy atom. The average Bonchev–Trinajstić information content (AvgIpc) is 2.68. The number of ether oxygens (including phenoxy) is 1. The van der Waals surface area contributed by atoms with Gasteiger partial charge in [-0.05, 0) is 54.2 Å². The smallest absolute Gasteiger partial charge is 0.336 e. The van der Waals surface area contributed by atoms with Gasteiger partial charge in [0, 0.05) is 0 Å². The maximum Gasteiger partial charge on any atom is 0.336 e. The Bertz CT molecular complexity index is 704. The molecule has 0 bridgehead atoms. The Morgan fingerprint density at radius 3 is 2.26 bits per heavy atom. The van der Waals surface area contributed by atoms with E-state index in [9.17, 15) is 9.90 Å².